The zero-order chi connectivity index (χ0) is 9.10. The highest BCUT2D eigenvalue weighted by Crippen LogP contribution is 2.18. The Morgan fingerprint density at radius 2 is 2.00 bits per heavy atom. The zero-order valence-electron chi connectivity index (χ0n) is 7.12. The van der Waals surface area contributed by atoms with Crippen molar-refractivity contribution in [2.75, 3.05) is 5.73 Å². The molecule has 0 atom stereocenters. The van der Waals surface area contributed by atoms with Gasteiger partial charge in [0.05, 0.1) is 0 Å². The van der Waals surface area contributed by atoms with Crippen molar-refractivity contribution >= 4 is 5.69 Å². The van der Waals surface area contributed by atoms with Crippen molar-refractivity contribution in [1.29, 1.82) is 0 Å². The van der Waals surface area contributed by atoms with E-state index in [9.17, 15) is 0 Å². The fraction of sp³-hybridized carbons (Fsp3) is 0. The molecule has 0 radical (unpaired) electrons. The summed E-state index contributed by atoms with van der Waals surface area (Å²) < 4.78 is 0. The maximum absolute atomic E-state index is 5.67. The standard InChI is InChI=1S/C12H9N/c13-12-8-4-7-11(9-12)10-5-2-1-3-6-10/h1-2,4-5,7-9H,13H2. The molecule has 1 nitrogen and oxygen atoms in total. The number of nitrogens with two attached hydrogens (primary N) is 1. The average Bonchev–Trinajstić information content (AvgIpc) is 2.19. The van der Waals surface area contributed by atoms with E-state index in [1.54, 1.807) is 0 Å². The van der Waals surface area contributed by atoms with E-state index in [4.69, 9.17) is 5.73 Å². The molecule has 0 aliphatic heterocycles. The van der Waals surface area contributed by atoms with Gasteiger partial charge in [-0.15, -0.1) is 0 Å². The second-order valence-corrected chi connectivity index (χ2v) is 2.83. The van der Waals surface area contributed by atoms with Gasteiger partial charge in [0.2, 0.25) is 0 Å². The summed E-state index contributed by atoms with van der Waals surface area (Å²) in [7, 11) is 0. The van der Waals surface area contributed by atoms with Crippen molar-refractivity contribution in [3.05, 3.63) is 54.6 Å². The highest BCUT2D eigenvalue weighted by molar-refractivity contribution is 5.65. The van der Waals surface area contributed by atoms with Crippen LogP contribution in [0.15, 0.2) is 42.5 Å². The summed E-state index contributed by atoms with van der Waals surface area (Å²) in [6.07, 6.45) is 0. The van der Waals surface area contributed by atoms with Crippen LogP contribution in [0.4, 0.5) is 5.69 Å². The minimum atomic E-state index is 0.773. The van der Waals surface area contributed by atoms with Crippen LogP contribution < -0.4 is 5.73 Å². The van der Waals surface area contributed by atoms with E-state index in [1.807, 2.05) is 42.5 Å². The number of benzene rings is 1. The van der Waals surface area contributed by atoms with Gasteiger partial charge in [0.25, 0.3) is 0 Å². The van der Waals surface area contributed by atoms with Crippen molar-refractivity contribution in [1.82, 2.24) is 0 Å². The number of anilines is 1. The quantitative estimate of drug-likeness (QED) is 0.649. The largest absolute Gasteiger partial charge is 0.399 e. The van der Waals surface area contributed by atoms with Gasteiger partial charge >= 0.3 is 0 Å². The highest BCUT2D eigenvalue weighted by atomic mass is 14.5. The normalized spacial score (nSPS) is 9.23. The summed E-state index contributed by atoms with van der Waals surface area (Å²) >= 11 is 0. The lowest BCUT2D eigenvalue weighted by molar-refractivity contribution is 1.63. The van der Waals surface area contributed by atoms with E-state index in [-0.39, 0.29) is 0 Å². The molecule has 0 aliphatic carbocycles. The van der Waals surface area contributed by atoms with Crippen molar-refractivity contribution < 1.29 is 0 Å². The van der Waals surface area contributed by atoms with Crippen LogP contribution >= 0.6 is 0 Å². The number of nitrogen functional groups attached to an aromatic ring is 1. The fourth-order valence-electron chi connectivity index (χ4n) is 1.23. The van der Waals surface area contributed by atoms with E-state index in [0.29, 0.717) is 0 Å². The maximum atomic E-state index is 5.67. The molecule has 0 amide bonds. The van der Waals surface area contributed by atoms with Gasteiger partial charge in [0.15, 0.2) is 0 Å². The molecule has 2 rings (SSSR count). The Kier molecular flexibility index (Phi) is 1.90. The molecular formula is C12H9N. The average molecular weight is 167 g/mol. The first-order chi connectivity index (χ1) is 6.36. The minimum Gasteiger partial charge on any atom is -0.399 e. The molecule has 2 aromatic rings. The molecule has 2 aromatic carbocycles. The Hall–Kier alpha value is -1.94. The van der Waals surface area contributed by atoms with Crippen LogP contribution in [-0.2, 0) is 0 Å². The fourth-order valence-corrected chi connectivity index (χ4v) is 1.23. The first-order valence-corrected chi connectivity index (χ1v) is 4.10. The van der Waals surface area contributed by atoms with Gasteiger partial charge in [-0.05, 0) is 29.8 Å². The first-order valence-electron chi connectivity index (χ1n) is 4.10. The second kappa shape index (κ2) is 3.20. The summed E-state index contributed by atoms with van der Waals surface area (Å²) in [4.78, 5) is 0. The lowest BCUT2D eigenvalue weighted by Gasteiger charge is -1.98. The smallest absolute Gasteiger partial charge is 0.0322 e. The van der Waals surface area contributed by atoms with Crippen LogP contribution in [0.5, 0.6) is 0 Å². The molecule has 0 spiro atoms. The van der Waals surface area contributed by atoms with E-state index in [1.165, 1.54) is 0 Å². The summed E-state index contributed by atoms with van der Waals surface area (Å²) in [6.45, 7) is 0. The monoisotopic (exact) mass is 167 g/mol. The third-order valence-electron chi connectivity index (χ3n) is 1.85. The predicted octanol–water partition coefficient (Wildman–Crippen LogP) is 2.54. The Balaban J connectivity index is 2.48. The zero-order valence-corrected chi connectivity index (χ0v) is 7.12. The van der Waals surface area contributed by atoms with Gasteiger partial charge < -0.3 is 5.73 Å². The third-order valence-corrected chi connectivity index (χ3v) is 1.85. The second-order valence-electron chi connectivity index (χ2n) is 2.83. The number of hydrogen-bond acceptors (Lipinski definition) is 1. The molecule has 2 N–H and O–H groups in total. The molecule has 0 bridgehead atoms. The molecule has 0 aliphatic rings. The molecule has 0 saturated heterocycles. The van der Waals surface area contributed by atoms with Gasteiger partial charge in [-0.1, -0.05) is 30.3 Å². The number of hydrogen-bond donors (Lipinski definition) is 1. The molecule has 62 valence electrons. The van der Waals surface area contributed by atoms with Crippen molar-refractivity contribution in [2.24, 2.45) is 0 Å². The molecule has 1 heteroatoms. The van der Waals surface area contributed by atoms with Crippen molar-refractivity contribution in [3.8, 4) is 11.1 Å². The first kappa shape index (κ1) is 7.70. The Bertz CT molecular complexity index is 393. The van der Waals surface area contributed by atoms with Crippen LogP contribution in [-0.4, -0.2) is 0 Å². The van der Waals surface area contributed by atoms with E-state index in [2.05, 4.69) is 12.1 Å². The molecule has 0 unspecified atom stereocenters. The molecule has 0 fully saturated rings. The Labute approximate surface area is 77.8 Å². The summed E-state index contributed by atoms with van der Waals surface area (Å²) in [5.41, 5.74) is 8.55. The van der Waals surface area contributed by atoms with Gasteiger partial charge in [-0.2, -0.15) is 0 Å². The summed E-state index contributed by atoms with van der Waals surface area (Å²) in [6, 6.07) is 19.5. The van der Waals surface area contributed by atoms with Crippen LogP contribution in [0.1, 0.15) is 0 Å². The van der Waals surface area contributed by atoms with Crippen molar-refractivity contribution in [2.45, 2.75) is 0 Å². The van der Waals surface area contributed by atoms with E-state index in [0.717, 1.165) is 16.8 Å². The lowest BCUT2D eigenvalue weighted by Crippen LogP contribution is -1.84. The Morgan fingerprint density at radius 3 is 2.69 bits per heavy atom. The highest BCUT2D eigenvalue weighted by Gasteiger charge is 1.94. The molecule has 13 heavy (non-hydrogen) atoms. The van der Waals surface area contributed by atoms with Crippen LogP contribution in [0.3, 0.4) is 0 Å². The van der Waals surface area contributed by atoms with E-state index >= 15 is 0 Å². The predicted molar refractivity (Wildman–Crippen MR) is 54.0 cm³/mol. The lowest BCUT2D eigenvalue weighted by atomic mass is 10.1. The van der Waals surface area contributed by atoms with Gasteiger partial charge in [-0.3, -0.25) is 0 Å². The van der Waals surface area contributed by atoms with Gasteiger partial charge in [0, 0.05) is 11.3 Å². The van der Waals surface area contributed by atoms with Crippen molar-refractivity contribution in [3.63, 3.8) is 0 Å². The van der Waals surface area contributed by atoms with Crippen LogP contribution in [0, 0.1) is 12.1 Å². The van der Waals surface area contributed by atoms with Gasteiger partial charge in [0.1, 0.15) is 0 Å². The SMILES string of the molecule is Nc1cccc(-c2c#cccc2)c1. The molecular weight excluding hydrogens is 158 g/mol. The molecule has 0 saturated carbocycles. The Morgan fingerprint density at radius 1 is 1.08 bits per heavy atom. The van der Waals surface area contributed by atoms with Crippen LogP contribution in [0.2, 0.25) is 0 Å². The maximum Gasteiger partial charge on any atom is 0.0322 e. The van der Waals surface area contributed by atoms with E-state index < -0.39 is 0 Å². The topological polar surface area (TPSA) is 26.0 Å². The molecule has 0 heterocycles. The minimum absolute atomic E-state index is 0.773. The molecule has 0 aromatic heterocycles. The third kappa shape index (κ3) is 1.62. The summed E-state index contributed by atoms with van der Waals surface area (Å²) in [5, 5.41) is 0. The summed E-state index contributed by atoms with van der Waals surface area (Å²) in [5.74, 6) is 0. The number of rotatable bonds is 1. The van der Waals surface area contributed by atoms with Crippen LogP contribution in [0.25, 0.3) is 11.1 Å². The van der Waals surface area contributed by atoms with Gasteiger partial charge in [-0.25, -0.2) is 0 Å².